The number of nitrogens with one attached hydrogen (secondary N) is 1. The molecule has 0 aliphatic rings. The molecule has 20 heavy (non-hydrogen) atoms. The van der Waals surface area contributed by atoms with E-state index in [0.717, 1.165) is 12.1 Å². The first-order valence-electron chi connectivity index (χ1n) is 6.01. The van der Waals surface area contributed by atoms with Gasteiger partial charge in [0.25, 0.3) is 5.69 Å². The Bertz CT molecular complexity index is 672. The number of anilines is 1. The Hall–Kier alpha value is -2.88. The summed E-state index contributed by atoms with van der Waals surface area (Å²) in [6.45, 7) is 0.639. The Morgan fingerprint density at radius 3 is 2.90 bits per heavy atom. The predicted octanol–water partition coefficient (Wildman–Crippen LogP) is 1.85. The number of aromatic nitrogens is 2. The first-order chi connectivity index (χ1) is 9.60. The molecule has 102 valence electrons. The monoisotopic (exact) mass is 271 g/mol. The van der Waals surface area contributed by atoms with Gasteiger partial charge in [0, 0.05) is 38.0 Å². The number of nitro groups is 1. The molecule has 7 heteroatoms. The molecular formula is C13H13N5O2. The zero-order valence-electron chi connectivity index (χ0n) is 10.9. The Balaban J connectivity index is 2.00. The molecule has 2 rings (SSSR count). The summed E-state index contributed by atoms with van der Waals surface area (Å²) in [5, 5.41) is 27.0. The van der Waals surface area contributed by atoms with Crippen LogP contribution >= 0.6 is 0 Å². The molecule has 0 saturated heterocycles. The molecule has 0 aliphatic carbocycles. The van der Waals surface area contributed by atoms with Crippen LogP contribution in [0.5, 0.6) is 0 Å². The van der Waals surface area contributed by atoms with Crippen molar-refractivity contribution in [1.29, 1.82) is 5.26 Å². The van der Waals surface area contributed by atoms with Crippen LogP contribution in [0.2, 0.25) is 0 Å². The summed E-state index contributed by atoms with van der Waals surface area (Å²) in [7, 11) is 1.85. The predicted molar refractivity (Wildman–Crippen MR) is 73.2 cm³/mol. The highest BCUT2D eigenvalue weighted by Gasteiger charge is 2.13. The maximum atomic E-state index is 10.7. The van der Waals surface area contributed by atoms with Gasteiger partial charge in [-0.1, -0.05) is 0 Å². The number of hydrogen-bond acceptors (Lipinski definition) is 5. The number of hydrogen-bond donors (Lipinski definition) is 1. The number of nitrogens with zero attached hydrogens (tertiary/aromatic N) is 4. The third-order valence-corrected chi connectivity index (χ3v) is 2.79. The first kappa shape index (κ1) is 13.5. The Morgan fingerprint density at radius 2 is 2.30 bits per heavy atom. The summed E-state index contributed by atoms with van der Waals surface area (Å²) in [6.07, 6.45) is 2.61. The first-order valence-corrected chi connectivity index (χ1v) is 6.01. The standard InChI is InChI=1S/C13H13N5O2/c1-17-7-5-11(16-17)4-6-15-12-2-3-13(18(19)20)10(8-12)9-14/h2-3,5,7-8,15H,4,6H2,1H3. The van der Waals surface area contributed by atoms with E-state index >= 15 is 0 Å². The molecule has 7 nitrogen and oxygen atoms in total. The van der Waals surface area contributed by atoms with E-state index in [4.69, 9.17) is 5.26 Å². The van der Waals surface area contributed by atoms with E-state index in [1.165, 1.54) is 12.1 Å². The van der Waals surface area contributed by atoms with Gasteiger partial charge < -0.3 is 5.32 Å². The highest BCUT2D eigenvalue weighted by atomic mass is 16.6. The molecule has 0 amide bonds. The molecule has 0 unspecified atom stereocenters. The number of benzene rings is 1. The topological polar surface area (TPSA) is 96.8 Å². The number of nitro benzene ring substituents is 1. The second-order valence-electron chi connectivity index (χ2n) is 4.26. The summed E-state index contributed by atoms with van der Waals surface area (Å²) < 4.78 is 1.73. The van der Waals surface area contributed by atoms with Gasteiger partial charge in [-0.3, -0.25) is 14.8 Å². The lowest BCUT2D eigenvalue weighted by Gasteiger charge is -2.05. The quantitative estimate of drug-likeness (QED) is 0.661. The fraction of sp³-hybridized carbons (Fsp3) is 0.231. The van der Waals surface area contributed by atoms with E-state index < -0.39 is 4.92 Å². The van der Waals surface area contributed by atoms with Crippen molar-refractivity contribution in [2.45, 2.75) is 6.42 Å². The van der Waals surface area contributed by atoms with Crippen molar-refractivity contribution in [1.82, 2.24) is 9.78 Å². The van der Waals surface area contributed by atoms with E-state index in [0.29, 0.717) is 12.2 Å². The second-order valence-corrected chi connectivity index (χ2v) is 4.26. The summed E-state index contributed by atoms with van der Waals surface area (Å²) in [5.41, 5.74) is 1.52. The van der Waals surface area contributed by atoms with Gasteiger partial charge in [-0.2, -0.15) is 10.4 Å². The van der Waals surface area contributed by atoms with Crippen LogP contribution in [-0.2, 0) is 13.5 Å². The van der Waals surface area contributed by atoms with Crippen LogP contribution in [0, 0.1) is 21.4 Å². The van der Waals surface area contributed by atoms with Crippen LogP contribution in [0.4, 0.5) is 11.4 Å². The van der Waals surface area contributed by atoms with Crippen LogP contribution in [0.3, 0.4) is 0 Å². The van der Waals surface area contributed by atoms with E-state index in [1.807, 2.05) is 25.4 Å². The molecule has 1 heterocycles. The fourth-order valence-corrected chi connectivity index (χ4v) is 1.83. The van der Waals surface area contributed by atoms with E-state index in [1.54, 1.807) is 10.7 Å². The molecule has 0 atom stereocenters. The summed E-state index contributed by atoms with van der Waals surface area (Å²) in [6, 6.07) is 8.17. The van der Waals surface area contributed by atoms with Crippen molar-refractivity contribution < 1.29 is 4.92 Å². The molecular weight excluding hydrogens is 258 g/mol. The van der Waals surface area contributed by atoms with Crippen molar-refractivity contribution in [2.75, 3.05) is 11.9 Å². The van der Waals surface area contributed by atoms with Gasteiger partial charge in [0.2, 0.25) is 0 Å². The van der Waals surface area contributed by atoms with E-state index in [9.17, 15) is 10.1 Å². The SMILES string of the molecule is Cn1ccc(CCNc2ccc([N+](=O)[O-])c(C#N)c2)n1. The largest absolute Gasteiger partial charge is 0.385 e. The van der Waals surface area contributed by atoms with Gasteiger partial charge in [-0.25, -0.2) is 0 Å². The third-order valence-electron chi connectivity index (χ3n) is 2.79. The van der Waals surface area contributed by atoms with Crippen LogP contribution in [0.25, 0.3) is 0 Å². The molecule has 0 spiro atoms. The van der Waals surface area contributed by atoms with Crippen molar-refractivity contribution >= 4 is 11.4 Å². The second kappa shape index (κ2) is 5.84. The molecule has 1 aromatic heterocycles. The molecule has 0 bridgehead atoms. The molecule has 0 saturated carbocycles. The Morgan fingerprint density at radius 1 is 1.50 bits per heavy atom. The molecule has 0 aliphatic heterocycles. The van der Waals surface area contributed by atoms with Crippen LogP contribution in [0.15, 0.2) is 30.5 Å². The van der Waals surface area contributed by atoms with Gasteiger partial charge in [0.15, 0.2) is 0 Å². The number of rotatable bonds is 5. The summed E-state index contributed by atoms with van der Waals surface area (Å²) >= 11 is 0. The lowest BCUT2D eigenvalue weighted by Crippen LogP contribution is -2.06. The number of aryl methyl sites for hydroxylation is 1. The zero-order chi connectivity index (χ0) is 14.5. The molecule has 2 aromatic rings. The molecule has 0 fully saturated rings. The lowest BCUT2D eigenvalue weighted by molar-refractivity contribution is -0.385. The summed E-state index contributed by atoms with van der Waals surface area (Å²) in [5.74, 6) is 0. The van der Waals surface area contributed by atoms with E-state index in [-0.39, 0.29) is 11.3 Å². The number of nitriles is 1. The molecule has 0 radical (unpaired) electrons. The fourth-order valence-electron chi connectivity index (χ4n) is 1.83. The van der Waals surface area contributed by atoms with Crippen molar-refractivity contribution in [3.63, 3.8) is 0 Å². The van der Waals surface area contributed by atoms with Gasteiger partial charge >= 0.3 is 0 Å². The average molecular weight is 271 g/mol. The minimum absolute atomic E-state index is 0.0536. The van der Waals surface area contributed by atoms with Gasteiger partial charge in [0.05, 0.1) is 10.6 Å². The van der Waals surface area contributed by atoms with Gasteiger partial charge in [-0.15, -0.1) is 0 Å². The van der Waals surface area contributed by atoms with Gasteiger partial charge in [0.1, 0.15) is 11.6 Å². The van der Waals surface area contributed by atoms with Crippen LogP contribution in [-0.4, -0.2) is 21.2 Å². The highest BCUT2D eigenvalue weighted by molar-refractivity contribution is 5.58. The van der Waals surface area contributed by atoms with Crippen LogP contribution < -0.4 is 5.32 Å². The molecule has 1 aromatic carbocycles. The maximum Gasteiger partial charge on any atom is 0.287 e. The normalized spacial score (nSPS) is 10.0. The van der Waals surface area contributed by atoms with Gasteiger partial charge in [-0.05, 0) is 18.2 Å². The summed E-state index contributed by atoms with van der Waals surface area (Å²) in [4.78, 5) is 10.2. The van der Waals surface area contributed by atoms with Crippen LogP contribution in [0.1, 0.15) is 11.3 Å². The lowest BCUT2D eigenvalue weighted by atomic mass is 10.1. The molecule has 1 N–H and O–H groups in total. The third kappa shape index (κ3) is 3.11. The van der Waals surface area contributed by atoms with Crippen molar-refractivity contribution in [3.8, 4) is 6.07 Å². The zero-order valence-corrected chi connectivity index (χ0v) is 10.9. The van der Waals surface area contributed by atoms with E-state index in [2.05, 4.69) is 10.4 Å². The van der Waals surface area contributed by atoms with Crippen molar-refractivity contribution in [3.05, 3.63) is 51.8 Å². The highest BCUT2D eigenvalue weighted by Crippen LogP contribution is 2.21. The van der Waals surface area contributed by atoms with Crippen molar-refractivity contribution in [2.24, 2.45) is 7.05 Å². The Kier molecular flexibility index (Phi) is 3.96. The smallest absolute Gasteiger partial charge is 0.287 e. The minimum atomic E-state index is -0.559. The minimum Gasteiger partial charge on any atom is -0.385 e. The maximum absolute atomic E-state index is 10.7. The Labute approximate surface area is 115 Å². The average Bonchev–Trinajstić information content (AvgIpc) is 2.84.